The van der Waals surface area contributed by atoms with Gasteiger partial charge in [0, 0.05) is 30.6 Å². The Morgan fingerprint density at radius 3 is 3.10 bits per heavy atom. The van der Waals surface area contributed by atoms with Gasteiger partial charge >= 0.3 is 0 Å². The number of fused-ring (bicyclic) bond motifs is 1. The Labute approximate surface area is 128 Å². The summed E-state index contributed by atoms with van der Waals surface area (Å²) in [4.78, 5) is 8.37. The van der Waals surface area contributed by atoms with E-state index in [2.05, 4.69) is 51.6 Å². The molecule has 6 heteroatoms. The number of aromatic nitrogens is 3. The number of H-pyrrole nitrogens is 1. The summed E-state index contributed by atoms with van der Waals surface area (Å²) in [6.45, 7) is 5.13. The van der Waals surface area contributed by atoms with Crippen LogP contribution in [0.4, 0.5) is 5.95 Å². The minimum absolute atomic E-state index is 0.365. The molecule has 1 aromatic heterocycles. The van der Waals surface area contributed by atoms with Gasteiger partial charge < -0.3 is 10.2 Å². The monoisotopic (exact) mass is 301 g/mol. The van der Waals surface area contributed by atoms with Crippen LogP contribution >= 0.6 is 11.8 Å². The van der Waals surface area contributed by atoms with Crippen LogP contribution in [0.5, 0.6) is 0 Å². The van der Waals surface area contributed by atoms with Gasteiger partial charge in [-0.1, -0.05) is 18.2 Å². The first-order valence-corrected chi connectivity index (χ1v) is 8.33. The molecular weight excluding hydrogens is 282 g/mol. The van der Waals surface area contributed by atoms with Crippen LogP contribution in [0.15, 0.2) is 29.2 Å². The van der Waals surface area contributed by atoms with Crippen molar-refractivity contribution in [2.24, 2.45) is 0 Å². The highest BCUT2D eigenvalue weighted by atomic mass is 32.2. The Morgan fingerprint density at radius 1 is 1.33 bits per heavy atom. The molecule has 2 aliphatic heterocycles. The molecule has 0 radical (unpaired) electrons. The SMILES string of the molecule is CC1CN(c2n[nH]c(C3Cc4ccccc4S3)n2)CCN1. The lowest BCUT2D eigenvalue weighted by Gasteiger charge is -2.30. The fraction of sp³-hybridized carbons (Fsp3) is 0.467. The van der Waals surface area contributed by atoms with Gasteiger partial charge in [0.2, 0.25) is 5.95 Å². The van der Waals surface area contributed by atoms with E-state index in [9.17, 15) is 0 Å². The van der Waals surface area contributed by atoms with Crippen LogP contribution in [-0.4, -0.2) is 40.9 Å². The Morgan fingerprint density at radius 2 is 2.24 bits per heavy atom. The first kappa shape index (κ1) is 13.2. The third-order valence-corrected chi connectivity index (χ3v) is 5.42. The summed E-state index contributed by atoms with van der Waals surface area (Å²) in [5.41, 5.74) is 1.42. The molecule has 0 aliphatic carbocycles. The molecule has 2 unspecified atom stereocenters. The van der Waals surface area contributed by atoms with Crippen molar-refractivity contribution in [2.75, 3.05) is 24.5 Å². The van der Waals surface area contributed by atoms with Gasteiger partial charge in [0.1, 0.15) is 5.82 Å². The van der Waals surface area contributed by atoms with E-state index >= 15 is 0 Å². The van der Waals surface area contributed by atoms with E-state index in [-0.39, 0.29) is 0 Å². The van der Waals surface area contributed by atoms with Crippen LogP contribution in [0.1, 0.15) is 23.6 Å². The van der Waals surface area contributed by atoms with E-state index in [1.165, 1.54) is 10.5 Å². The number of nitrogens with one attached hydrogen (secondary N) is 2. The third-order valence-electron chi connectivity index (χ3n) is 4.09. The zero-order chi connectivity index (χ0) is 14.2. The van der Waals surface area contributed by atoms with Crippen LogP contribution in [0, 0.1) is 0 Å². The number of thioether (sulfide) groups is 1. The molecule has 0 amide bonds. The summed E-state index contributed by atoms with van der Waals surface area (Å²) >= 11 is 1.89. The summed E-state index contributed by atoms with van der Waals surface area (Å²) in [7, 11) is 0. The zero-order valence-electron chi connectivity index (χ0n) is 12.0. The third kappa shape index (κ3) is 2.53. The molecule has 1 saturated heterocycles. The van der Waals surface area contributed by atoms with Crippen LogP contribution in [0.25, 0.3) is 0 Å². The lowest BCUT2D eigenvalue weighted by molar-refractivity contribution is 0.479. The zero-order valence-corrected chi connectivity index (χ0v) is 12.9. The topological polar surface area (TPSA) is 56.8 Å². The molecule has 2 aliphatic rings. The molecule has 4 rings (SSSR count). The molecule has 2 atom stereocenters. The van der Waals surface area contributed by atoms with Gasteiger partial charge in [0.15, 0.2) is 0 Å². The van der Waals surface area contributed by atoms with Crippen molar-refractivity contribution in [1.82, 2.24) is 20.5 Å². The summed E-state index contributed by atoms with van der Waals surface area (Å²) in [6.07, 6.45) is 1.04. The smallest absolute Gasteiger partial charge is 0.244 e. The second-order valence-electron chi connectivity index (χ2n) is 5.74. The van der Waals surface area contributed by atoms with Gasteiger partial charge in [0.05, 0.1) is 5.25 Å². The van der Waals surface area contributed by atoms with E-state index in [4.69, 9.17) is 4.98 Å². The second kappa shape index (κ2) is 5.35. The molecule has 1 fully saturated rings. The number of rotatable bonds is 2. The Balaban J connectivity index is 1.51. The highest BCUT2D eigenvalue weighted by molar-refractivity contribution is 7.99. The van der Waals surface area contributed by atoms with Crippen molar-refractivity contribution in [2.45, 2.75) is 29.5 Å². The minimum Gasteiger partial charge on any atom is -0.337 e. The van der Waals surface area contributed by atoms with Crippen molar-refractivity contribution >= 4 is 17.7 Å². The van der Waals surface area contributed by atoms with Gasteiger partial charge in [-0.25, -0.2) is 0 Å². The number of aromatic amines is 1. The lowest BCUT2D eigenvalue weighted by atomic mass is 10.1. The van der Waals surface area contributed by atoms with Gasteiger partial charge in [-0.05, 0) is 25.0 Å². The van der Waals surface area contributed by atoms with Crippen LogP contribution in [-0.2, 0) is 6.42 Å². The van der Waals surface area contributed by atoms with Crippen LogP contribution in [0.3, 0.4) is 0 Å². The van der Waals surface area contributed by atoms with Crippen LogP contribution in [0.2, 0.25) is 0 Å². The number of piperazine rings is 1. The molecule has 5 nitrogen and oxygen atoms in total. The fourth-order valence-electron chi connectivity index (χ4n) is 3.00. The summed E-state index contributed by atoms with van der Waals surface area (Å²) in [6, 6.07) is 9.09. The average Bonchev–Trinajstić information content (AvgIpc) is 3.14. The molecule has 2 aromatic rings. The van der Waals surface area contributed by atoms with Crippen molar-refractivity contribution in [3.63, 3.8) is 0 Å². The van der Waals surface area contributed by atoms with Gasteiger partial charge in [-0.15, -0.1) is 16.9 Å². The molecule has 2 N–H and O–H groups in total. The molecule has 3 heterocycles. The maximum atomic E-state index is 4.74. The van der Waals surface area contributed by atoms with Gasteiger partial charge in [0.25, 0.3) is 0 Å². The Hall–Kier alpha value is -1.53. The number of hydrogen-bond acceptors (Lipinski definition) is 5. The Bertz CT molecular complexity index is 615. The highest BCUT2D eigenvalue weighted by Crippen LogP contribution is 2.45. The Kier molecular flexibility index (Phi) is 3.35. The largest absolute Gasteiger partial charge is 0.337 e. The van der Waals surface area contributed by atoms with Crippen molar-refractivity contribution in [3.8, 4) is 0 Å². The van der Waals surface area contributed by atoms with Crippen molar-refractivity contribution < 1.29 is 0 Å². The van der Waals surface area contributed by atoms with Gasteiger partial charge in [-0.2, -0.15) is 4.98 Å². The van der Waals surface area contributed by atoms with E-state index in [1.807, 2.05) is 11.8 Å². The van der Waals surface area contributed by atoms with Crippen LogP contribution < -0.4 is 10.2 Å². The van der Waals surface area contributed by atoms with E-state index in [0.717, 1.165) is 37.8 Å². The molecule has 110 valence electrons. The molecular formula is C15H19N5S. The predicted octanol–water partition coefficient (Wildman–Crippen LogP) is 1.99. The maximum absolute atomic E-state index is 4.74. The number of anilines is 1. The minimum atomic E-state index is 0.365. The standard InChI is InChI=1S/C15H19N5S/c1-10-9-20(7-6-16-10)15-17-14(18-19-15)13-8-11-4-2-3-5-12(11)21-13/h2-5,10,13,16H,6-9H2,1H3,(H,17,18,19). The summed E-state index contributed by atoms with van der Waals surface area (Å²) < 4.78 is 0. The summed E-state index contributed by atoms with van der Waals surface area (Å²) in [5.74, 6) is 1.84. The normalized spacial score (nSPS) is 25.1. The van der Waals surface area contributed by atoms with Crippen molar-refractivity contribution in [3.05, 3.63) is 35.7 Å². The maximum Gasteiger partial charge on any atom is 0.244 e. The van der Waals surface area contributed by atoms with E-state index < -0.39 is 0 Å². The fourth-order valence-corrected chi connectivity index (χ4v) is 4.25. The highest BCUT2D eigenvalue weighted by Gasteiger charge is 2.27. The number of hydrogen-bond donors (Lipinski definition) is 2. The first-order valence-electron chi connectivity index (χ1n) is 7.45. The summed E-state index contributed by atoms with van der Waals surface area (Å²) in [5, 5.41) is 11.4. The predicted molar refractivity (Wildman–Crippen MR) is 84.8 cm³/mol. The first-order chi connectivity index (χ1) is 10.3. The molecule has 0 saturated carbocycles. The van der Waals surface area contributed by atoms with E-state index in [1.54, 1.807) is 0 Å². The number of nitrogens with zero attached hydrogens (tertiary/aromatic N) is 3. The van der Waals surface area contributed by atoms with Crippen molar-refractivity contribution in [1.29, 1.82) is 0 Å². The quantitative estimate of drug-likeness (QED) is 0.888. The van der Waals surface area contributed by atoms with Gasteiger partial charge in [-0.3, -0.25) is 5.10 Å². The molecule has 21 heavy (non-hydrogen) atoms. The lowest BCUT2D eigenvalue weighted by Crippen LogP contribution is -2.49. The molecule has 0 spiro atoms. The number of benzene rings is 1. The van der Waals surface area contributed by atoms with E-state index in [0.29, 0.717) is 11.3 Å². The second-order valence-corrected chi connectivity index (χ2v) is 6.98. The molecule has 0 bridgehead atoms. The average molecular weight is 301 g/mol. The molecule has 1 aromatic carbocycles.